The van der Waals surface area contributed by atoms with Crippen LogP contribution in [0.3, 0.4) is 0 Å². The molecule has 0 radical (unpaired) electrons. The Balaban J connectivity index is 1.20. The molecule has 3 atom stereocenters. The summed E-state index contributed by atoms with van der Waals surface area (Å²) in [4.78, 5) is 15.9. The first-order valence-corrected chi connectivity index (χ1v) is 11.9. The van der Waals surface area contributed by atoms with Gasteiger partial charge in [-0.2, -0.15) is 10.4 Å². The molecule has 0 spiro atoms. The molecule has 3 saturated carbocycles. The van der Waals surface area contributed by atoms with E-state index in [9.17, 15) is 9.18 Å². The number of amides is 1. The molecule has 3 aromatic rings. The summed E-state index contributed by atoms with van der Waals surface area (Å²) in [6, 6.07) is 14.6. The standard InChI is InChI=1S/C27H27FN4O/c1-17-7-25(19-3-2-4-23(28)9-19)31(15-17)26(33)27-10-21(11-27)22(12-27)16-32-24-6-5-18(13-29)8-20(24)14-30-32/h2-6,8-9,14,17,21-22,25H,7,10-12,15-16H2,1H3/t17?,21?,22-,25?,27?/m0/s1. The third kappa shape index (κ3) is 3.25. The molecule has 2 bridgehead atoms. The Hall–Kier alpha value is -3.20. The molecule has 33 heavy (non-hydrogen) atoms. The van der Waals surface area contributed by atoms with E-state index in [2.05, 4.69) is 18.1 Å². The van der Waals surface area contributed by atoms with Crippen molar-refractivity contribution >= 4 is 16.8 Å². The van der Waals surface area contributed by atoms with E-state index in [1.807, 2.05) is 40.0 Å². The summed E-state index contributed by atoms with van der Waals surface area (Å²) in [6.07, 6.45) is 5.52. The summed E-state index contributed by atoms with van der Waals surface area (Å²) in [5.41, 5.74) is 2.33. The molecule has 2 unspecified atom stereocenters. The van der Waals surface area contributed by atoms with Crippen LogP contribution in [0.2, 0.25) is 0 Å². The van der Waals surface area contributed by atoms with Gasteiger partial charge in [0.15, 0.2) is 0 Å². The molecule has 3 aliphatic carbocycles. The lowest BCUT2D eigenvalue weighted by molar-refractivity contribution is -0.147. The number of halogens is 1. The van der Waals surface area contributed by atoms with Gasteiger partial charge in [-0.3, -0.25) is 9.48 Å². The van der Waals surface area contributed by atoms with Crippen LogP contribution in [0.25, 0.3) is 10.9 Å². The Morgan fingerprint density at radius 1 is 1.24 bits per heavy atom. The van der Waals surface area contributed by atoms with Gasteiger partial charge in [0.2, 0.25) is 5.91 Å². The number of nitrogens with zero attached hydrogens (tertiary/aromatic N) is 4. The van der Waals surface area contributed by atoms with Gasteiger partial charge in [-0.1, -0.05) is 19.1 Å². The number of likely N-dealkylation sites (tertiary alicyclic amines) is 1. The number of carbonyl (C=O) groups excluding carboxylic acids is 1. The molecule has 1 aromatic heterocycles. The van der Waals surface area contributed by atoms with Crippen molar-refractivity contribution in [2.75, 3.05) is 6.54 Å². The Bertz CT molecular complexity index is 1280. The predicted molar refractivity (Wildman–Crippen MR) is 122 cm³/mol. The molecule has 1 amide bonds. The summed E-state index contributed by atoms with van der Waals surface area (Å²) in [6.45, 7) is 3.74. The SMILES string of the molecule is CC1CC(c2cccc(F)c2)N(C(=O)C23CC(C2)[C@H](Cn2ncc4cc(C#N)ccc42)C3)C1. The average Bonchev–Trinajstić information content (AvgIpc) is 3.54. The van der Waals surface area contributed by atoms with E-state index >= 15 is 0 Å². The van der Waals surface area contributed by atoms with Crippen LogP contribution in [0, 0.1) is 40.3 Å². The Morgan fingerprint density at radius 3 is 2.88 bits per heavy atom. The molecule has 0 N–H and O–H groups in total. The van der Waals surface area contributed by atoms with Crippen molar-refractivity contribution in [3.63, 3.8) is 0 Å². The topological polar surface area (TPSA) is 61.9 Å². The van der Waals surface area contributed by atoms with Crippen molar-refractivity contribution < 1.29 is 9.18 Å². The Kier molecular flexibility index (Phi) is 4.58. The maximum atomic E-state index is 13.9. The van der Waals surface area contributed by atoms with Gasteiger partial charge < -0.3 is 4.90 Å². The average molecular weight is 443 g/mol. The fourth-order valence-electron chi connectivity index (χ4n) is 6.72. The van der Waals surface area contributed by atoms with E-state index < -0.39 is 0 Å². The first-order chi connectivity index (χ1) is 16.0. The number of hydrogen-bond donors (Lipinski definition) is 0. The van der Waals surface area contributed by atoms with Crippen LogP contribution < -0.4 is 0 Å². The highest BCUT2D eigenvalue weighted by Crippen LogP contribution is 2.63. The van der Waals surface area contributed by atoms with Crippen molar-refractivity contribution in [3.05, 3.63) is 65.6 Å². The molecule has 1 aliphatic heterocycles. The lowest BCUT2D eigenvalue weighted by atomic mass is 9.68. The number of hydrogen-bond acceptors (Lipinski definition) is 3. The van der Waals surface area contributed by atoms with E-state index in [1.54, 1.807) is 12.1 Å². The van der Waals surface area contributed by atoms with Gasteiger partial charge in [-0.25, -0.2) is 4.39 Å². The van der Waals surface area contributed by atoms with Gasteiger partial charge >= 0.3 is 0 Å². The Morgan fingerprint density at radius 2 is 2.09 bits per heavy atom. The molecule has 1 saturated heterocycles. The normalized spacial score (nSPS) is 30.4. The second-order valence-corrected chi connectivity index (χ2v) is 10.5. The van der Waals surface area contributed by atoms with Gasteiger partial charge in [0, 0.05) is 18.5 Å². The van der Waals surface area contributed by atoms with Gasteiger partial charge in [0.05, 0.1) is 34.8 Å². The second-order valence-electron chi connectivity index (χ2n) is 10.5. The number of carbonyl (C=O) groups is 1. The zero-order valence-electron chi connectivity index (χ0n) is 18.7. The van der Waals surface area contributed by atoms with Crippen molar-refractivity contribution in [1.29, 1.82) is 5.26 Å². The fraction of sp³-hybridized carbons (Fsp3) is 0.444. The largest absolute Gasteiger partial charge is 0.335 e. The van der Waals surface area contributed by atoms with Crippen LogP contribution in [-0.2, 0) is 11.3 Å². The maximum absolute atomic E-state index is 13.9. The summed E-state index contributed by atoms with van der Waals surface area (Å²) in [5, 5.41) is 14.7. The van der Waals surface area contributed by atoms with Gasteiger partial charge in [-0.05, 0) is 79.3 Å². The lowest BCUT2D eigenvalue weighted by Gasteiger charge is -2.41. The number of aromatic nitrogens is 2. The first kappa shape index (κ1) is 20.4. The predicted octanol–water partition coefficient (Wildman–Crippen LogP) is 5.07. The van der Waals surface area contributed by atoms with Gasteiger partial charge in [0.25, 0.3) is 0 Å². The molecule has 7 rings (SSSR count). The Labute approximate surface area is 192 Å². The summed E-state index contributed by atoms with van der Waals surface area (Å²) in [5.74, 6) is 1.43. The second kappa shape index (κ2) is 7.41. The van der Waals surface area contributed by atoms with Crippen LogP contribution in [0.1, 0.15) is 49.8 Å². The molecule has 4 fully saturated rings. The molecule has 168 valence electrons. The van der Waals surface area contributed by atoms with Crippen molar-refractivity contribution in [2.24, 2.45) is 23.2 Å². The maximum Gasteiger partial charge on any atom is 0.229 e. The van der Waals surface area contributed by atoms with E-state index in [1.165, 1.54) is 6.07 Å². The monoisotopic (exact) mass is 442 g/mol. The third-order valence-electron chi connectivity index (χ3n) is 8.26. The number of benzene rings is 2. The molecule has 4 aliphatic rings. The highest BCUT2D eigenvalue weighted by molar-refractivity contribution is 5.85. The van der Waals surface area contributed by atoms with Crippen LogP contribution in [0.4, 0.5) is 4.39 Å². The third-order valence-corrected chi connectivity index (χ3v) is 8.26. The van der Waals surface area contributed by atoms with Crippen LogP contribution in [-0.4, -0.2) is 27.1 Å². The molecular formula is C27H27FN4O. The smallest absolute Gasteiger partial charge is 0.229 e. The minimum atomic E-state index is -0.262. The van der Waals surface area contributed by atoms with Crippen LogP contribution in [0.5, 0.6) is 0 Å². The van der Waals surface area contributed by atoms with E-state index in [0.29, 0.717) is 23.3 Å². The highest BCUT2D eigenvalue weighted by Gasteiger charge is 2.61. The summed E-state index contributed by atoms with van der Waals surface area (Å²) < 4.78 is 15.9. The zero-order chi connectivity index (χ0) is 22.7. The van der Waals surface area contributed by atoms with Crippen molar-refractivity contribution in [2.45, 2.75) is 45.2 Å². The molecular weight excluding hydrogens is 415 g/mol. The number of rotatable bonds is 4. The zero-order valence-corrected chi connectivity index (χ0v) is 18.7. The molecule has 2 aromatic carbocycles. The van der Waals surface area contributed by atoms with E-state index in [0.717, 1.165) is 55.2 Å². The van der Waals surface area contributed by atoms with Crippen molar-refractivity contribution in [3.8, 4) is 6.07 Å². The minimum absolute atomic E-state index is 0.0277. The molecule has 2 heterocycles. The lowest BCUT2D eigenvalue weighted by Crippen LogP contribution is -2.46. The highest BCUT2D eigenvalue weighted by atomic mass is 19.1. The van der Waals surface area contributed by atoms with Crippen LogP contribution in [0.15, 0.2) is 48.7 Å². The fourth-order valence-corrected chi connectivity index (χ4v) is 6.72. The van der Waals surface area contributed by atoms with Gasteiger partial charge in [-0.15, -0.1) is 0 Å². The quantitative estimate of drug-likeness (QED) is 0.567. The summed E-state index contributed by atoms with van der Waals surface area (Å²) >= 11 is 0. The molecule has 5 nitrogen and oxygen atoms in total. The molecule has 6 heteroatoms. The number of nitriles is 1. The van der Waals surface area contributed by atoms with Crippen molar-refractivity contribution in [1.82, 2.24) is 14.7 Å². The number of fused-ring (bicyclic) bond motifs is 2. The van der Waals surface area contributed by atoms with Gasteiger partial charge in [0.1, 0.15) is 5.82 Å². The van der Waals surface area contributed by atoms with E-state index in [-0.39, 0.29) is 23.2 Å². The first-order valence-electron chi connectivity index (χ1n) is 11.9. The summed E-state index contributed by atoms with van der Waals surface area (Å²) in [7, 11) is 0. The minimum Gasteiger partial charge on any atom is -0.335 e. The van der Waals surface area contributed by atoms with E-state index in [4.69, 9.17) is 5.26 Å². The van der Waals surface area contributed by atoms with Crippen LogP contribution >= 0.6 is 0 Å².